The Morgan fingerprint density at radius 2 is 1.21 bits per heavy atom. The van der Waals surface area contributed by atoms with Crippen LogP contribution in [0.2, 0.25) is 0 Å². The summed E-state index contributed by atoms with van der Waals surface area (Å²) >= 11 is 0. The standard InChI is InChI=1S/C18H31N3O3/c22-14-13-20-11-9-19(10-12-20)7-3-4-8-21-17(23)15-5-1-2-6-16(15)18(21)24/h22-24H,1-14H2. The van der Waals surface area contributed by atoms with Gasteiger partial charge in [0.15, 0.2) is 11.8 Å². The second-order valence-electron chi connectivity index (χ2n) is 7.08. The van der Waals surface area contributed by atoms with E-state index in [4.69, 9.17) is 5.11 Å². The third-order valence-electron chi connectivity index (χ3n) is 5.51. The second-order valence-corrected chi connectivity index (χ2v) is 7.08. The Bertz CT molecular complexity index is 507. The average molecular weight is 337 g/mol. The molecule has 1 fully saturated rings. The van der Waals surface area contributed by atoms with Crippen molar-refractivity contribution in [2.45, 2.75) is 45.1 Å². The van der Waals surface area contributed by atoms with Crippen molar-refractivity contribution in [3.8, 4) is 11.8 Å². The van der Waals surface area contributed by atoms with Crippen LogP contribution in [0.5, 0.6) is 11.8 Å². The molecule has 2 heterocycles. The number of piperazine rings is 1. The molecule has 3 rings (SSSR count). The van der Waals surface area contributed by atoms with Crippen LogP contribution < -0.4 is 0 Å². The zero-order valence-electron chi connectivity index (χ0n) is 14.6. The Labute approximate surface area is 144 Å². The fourth-order valence-corrected chi connectivity index (χ4v) is 4.02. The van der Waals surface area contributed by atoms with Gasteiger partial charge in [0, 0.05) is 50.4 Å². The molecular weight excluding hydrogens is 306 g/mol. The third-order valence-corrected chi connectivity index (χ3v) is 5.51. The topological polar surface area (TPSA) is 72.1 Å². The largest absolute Gasteiger partial charge is 0.494 e. The molecule has 0 spiro atoms. The highest BCUT2D eigenvalue weighted by Gasteiger charge is 2.24. The molecule has 1 aliphatic heterocycles. The molecule has 0 unspecified atom stereocenters. The molecule has 6 nitrogen and oxygen atoms in total. The van der Waals surface area contributed by atoms with Crippen molar-refractivity contribution in [3.05, 3.63) is 11.1 Å². The lowest BCUT2D eigenvalue weighted by Gasteiger charge is -2.34. The Kier molecular flexibility index (Phi) is 6.03. The van der Waals surface area contributed by atoms with Crippen molar-refractivity contribution in [1.82, 2.24) is 14.4 Å². The Hall–Kier alpha value is -1.24. The smallest absolute Gasteiger partial charge is 0.197 e. The lowest BCUT2D eigenvalue weighted by Crippen LogP contribution is -2.47. The lowest BCUT2D eigenvalue weighted by molar-refractivity contribution is 0.111. The summed E-state index contributed by atoms with van der Waals surface area (Å²) in [6.07, 6.45) is 6.02. The summed E-state index contributed by atoms with van der Waals surface area (Å²) < 4.78 is 1.70. The van der Waals surface area contributed by atoms with Crippen LogP contribution in [0.1, 0.15) is 36.8 Å². The first-order chi connectivity index (χ1) is 11.7. The van der Waals surface area contributed by atoms with Crippen molar-refractivity contribution >= 4 is 0 Å². The van der Waals surface area contributed by atoms with E-state index in [-0.39, 0.29) is 6.61 Å². The minimum Gasteiger partial charge on any atom is -0.494 e. The summed E-state index contributed by atoms with van der Waals surface area (Å²) in [5, 5.41) is 29.7. The van der Waals surface area contributed by atoms with E-state index < -0.39 is 0 Å². The minimum atomic E-state index is 0.244. The lowest BCUT2D eigenvalue weighted by atomic mass is 9.95. The maximum atomic E-state index is 10.3. The van der Waals surface area contributed by atoms with Gasteiger partial charge in [-0.25, -0.2) is 0 Å². The van der Waals surface area contributed by atoms with Gasteiger partial charge < -0.3 is 20.2 Å². The summed E-state index contributed by atoms with van der Waals surface area (Å²) in [4.78, 5) is 4.77. The van der Waals surface area contributed by atoms with E-state index in [2.05, 4.69) is 9.80 Å². The molecule has 0 atom stereocenters. The van der Waals surface area contributed by atoms with Gasteiger partial charge in [0.25, 0.3) is 0 Å². The van der Waals surface area contributed by atoms with Gasteiger partial charge >= 0.3 is 0 Å². The van der Waals surface area contributed by atoms with E-state index in [1.165, 1.54) is 0 Å². The summed E-state index contributed by atoms with van der Waals surface area (Å²) in [7, 11) is 0. The molecule has 0 radical (unpaired) electrons. The molecule has 136 valence electrons. The normalized spacial score (nSPS) is 19.5. The number of fused-ring (bicyclic) bond motifs is 1. The Balaban J connectivity index is 1.42. The Morgan fingerprint density at radius 1 is 0.708 bits per heavy atom. The average Bonchev–Trinajstić information content (AvgIpc) is 2.85. The number of aliphatic hydroxyl groups is 1. The van der Waals surface area contributed by atoms with Crippen LogP contribution in [0.3, 0.4) is 0 Å². The predicted octanol–water partition coefficient (Wildman–Crippen LogP) is 1.17. The van der Waals surface area contributed by atoms with Crippen molar-refractivity contribution in [1.29, 1.82) is 0 Å². The van der Waals surface area contributed by atoms with Gasteiger partial charge in [0.2, 0.25) is 0 Å². The first-order valence-corrected chi connectivity index (χ1v) is 9.38. The molecule has 0 amide bonds. The van der Waals surface area contributed by atoms with E-state index in [1.807, 2.05) is 0 Å². The summed E-state index contributed by atoms with van der Waals surface area (Å²) in [5.74, 6) is 0.583. The molecule has 1 aliphatic carbocycles. The number of rotatable bonds is 7. The Morgan fingerprint density at radius 3 is 1.75 bits per heavy atom. The number of unbranched alkanes of at least 4 members (excludes halogenated alkanes) is 1. The van der Waals surface area contributed by atoms with Crippen molar-refractivity contribution in [3.63, 3.8) is 0 Å². The van der Waals surface area contributed by atoms with Crippen LogP contribution in [-0.2, 0) is 19.4 Å². The number of β-amino-alcohol motifs (C(OH)–C–C–N with tert-alkyl or cyclic N) is 1. The molecule has 3 N–H and O–H groups in total. The van der Waals surface area contributed by atoms with E-state index in [0.717, 1.165) is 88.9 Å². The summed E-state index contributed by atoms with van der Waals surface area (Å²) in [6.45, 7) is 6.98. The van der Waals surface area contributed by atoms with E-state index in [0.29, 0.717) is 18.3 Å². The molecular formula is C18H31N3O3. The van der Waals surface area contributed by atoms with Crippen LogP contribution >= 0.6 is 0 Å². The van der Waals surface area contributed by atoms with Crippen molar-refractivity contribution < 1.29 is 15.3 Å². The van der Waals surface area contributed by atoms with Crippen LogP contribution in [0, 0.1) is 0 Å². The van der Waals surface area contributed by atoms with Gasteiger partial charge in [-0.2, -0.15) is 0 Å². The molecule has 1 aromatic heterocycles. The molecule has 24 heavy (non-hydrogen) atoms. The number of aliphatic hydroxyl groups excluding tert-OH is 1. The van der Waals surface area contributed by atoms with Crippen LogP contribution in [0.25, 0.3) is 0 Å². The minimum absolute atomic E-state index is 0.244. The maximum absolute atomic E-state index is 10.3. The first kappa shape index (κ1) is 17.6. The van der Waals surface area contributed by atoms with E-state index in [1.54, 1.807) is 4.57 Å². The molecule has 1 saturated heterocycles. The van der Waals surface area contributed by atoms with Crippen LogP contribution in [0.15, 0.2) is 0 Å². The maximum Gasteiger partial charge on any atom is 0.197 e. The number of nitrogens with zero attached hydrogens (tertiary/aromatic N) is 3. The van der Waals surface area contributed by atoms with E-state index >= 15 is 0 Å². The fourth-order valence-electron chi connectivity index (χ4n) is 4.02. The van der Waals surface area contributed by atoms with Gasteiger partial charge in [0.1, 0.15) is 0 Å². The molecule has 2 aliphatic rings. The summed E-state index contributed by atoms with van der Waals surface area (Å²) in [6, 6.07) is 0. The molecule has 0 aromatic carbocycles. The zero-order valence-corrected chi connectivity index (χ0v) is 14.6. The number of hydrogen-bond acceptors (Lipinski definition) is 5. The van der Waals surface area contributed by atoms with Gasteiger partial charge in [-0.3, -0.25) is 9.47 Å². The second kappa shape index (κ2) is 8.23. The summed E-state index contributed by atoms with van der Waals surface area (Å²) in [5.41, 5.74) is 1.94. The van der Waals surface area contributed by atoms with Crippen molar-refractivity contribution in [2.24, 2.45) is 0 Å². The third kappa shape index (κ3) is 3.87. The quantitative estimate of drug-likeness (QED) is 0.652. The molecule has 0 saturated carbocycles. The fraction of sp³-hybridized carbons (Fsp3) is 0.778. The van der Waals surface area contributed by atoms with Crippen LogP contribution in [-0.4, -0.2) is 75.6 Å². The number of aromatic hydroxyl groups is 2. The predicted molar refractivity (Wildman–Crippen MR) is 93.6 cm³/mol. The van der Waals surface area contributed by atoms with Crippen molar-refractivity contribution in [2.75, 3.05) is 45.9 Å². The SMILES string of the molecule is OCCN1CCN(CCCCn2c(O)c3c(c2O)CCCC3)CC1. The van der Waals surface area contributed by atoms with Gasteiger partial charge in [-0.05, 0) is 45.1 Å². The van der Waals surface area contributed by atoms with Gasteiger partial charge in [0.05, 0.1) is 6.61 Å². The molecule has 0 bridgehead atoms. The van der Waals surface area contributed by atoms with Crippen LogP contribution in [0.4, 0.5) is 0 Å². The van der Waals surface area contributed by atoms with Gasteiger partial charge in [-0.1, -0.05) is 0 Å². The molecule has 1 aromatic rings. The highest BCUT2D eigenvalue weighted by molar-refractivity contribution is 5.46. The number of aromatic nitrogens is 1. The first-order valence-electron chi connectivity index (χ1n) is 9.38. The monoisotopic (exact) mass is 337 g/mol. The highest BCUT2D eigenvalue weighted by Crippen LogP contribution is 2.38. The van der Waals surface area contributed by atoms with E-state index in [9.17, 15) is 10.2 Å². The zero-order chi connectivity index (χ0) is 16.9. The number of hydrogen-bond donors (Lipinski definition) is 3. The highest BCUT2D eigenvalue weighted by atomic mass is 16.3. The van der Waals surface area contributed by atoms with Gasteiger partial charge in [-0.15, -0.1) is 0 Å². The molecule has 6 heteroatoms.